The summed E-state index contributed by atoms with van der Waals surface area (Å²) < 4.78 is 6.86. The van der Waals surface area contributed by atoms with Gasteiger partial charge in [0.15, 0.2) is 0 Å². The molecule has 4 rings (SSSR count). The molecule has 0 aliphatic rings. The van der Waals surface area contributed by atoms with E-state index in [1.807, 2.05) is 0 Å². The monoisotopic (exact) mass is 722 g/mol. The van der Waals surface area contributed by atoms with E-state index in [0.29, 0.717) is 0 Å². The quantitative estimate of drug-likeness (QED) is 0.180. The van der Waals surface area contributed by atoms with Crippen LogP contribution in [0.25, 0.3) is 32.7 Å². The number of benzene rings is 2. The van der Waals surface area contributed by atoms with Crippen LogP contribution in [0.3, 0.4) is 0 Å². The zero-order valence-corrected chi connectivity index (χ0v) is 38.9. The Morgan fingerprint density at radius 2 is 0.609 bits per heavy atom. The molecule has 0 saturated heterocycles. The van der Waals surface area contributed by atoms with Crippen molar-refractivity contribution in [2.24, 2.45) is 0 Å². The average molecular weight is 723 g/mol. The Balaban J connectivity index is 2.30. The number of fused-ring (bicyclic) bond motifs is 2. The molecular weight excluding hydrogens is 657 g/mol. The molecule has 2 heterocycles. The zero-order chi connectivity index (χ0) is 35.4. The predicted octanol–water partition coefficient (Wildman–Crippen LogP) is 12.6. The SMILES string of the molecule is CC(C)(C)[Si](C)(C)c1sc([Si](C)(C)C(C)(C)C)c2c(-c3cccc4c([Si](C)(C)C(C)(C)C)sc([Si](C)(C)C(C)(C)C)c34)cccc12. The summed E-state index contributed by atoms with van der Waals surface area (Å²) in [7, 11) is -7.31. The standard InChI is InChI=1S/C40H66S2Si4/c1-37(2,3)43(13,14)33-29-25-21-23-27(31(29)35(41-33)45(17,18)39(7,8)9)28-24-22-26-30-32(28)36(46(19,20)40(10,11)12)42-34(30)44(15,16)38(4,5)6/h21-26H,1-20H3. The van der Waals surface area contributed by atoms with E-state index in [4.69, 9.17) is 0 Å². The first kappa shape index (κ1) is 38.0. The van der Waals surface area contributed by atoms with E-state index in [2.05, 4.69) is 195 Å². The van der Waals surface area contributed by atoms with Gasteiger partial charge >= 0.3 is 0 Å². The minimum absolute atomic E-state index is 0.263. The van der Waals surface area contributed by atoms with Gasteiger partial charge in [-0.05, 0) is 70.8 Å². The number of hydrogen-bond donors (Lipinski definition) is 0. The van der Waals surface area contributed by atoms with Crippen LogP contribution in [0.1, 0.15) is 83.1 Å². The Bertz CT molecular complexity index is 1640. The Morgan fingerprint density at radius 1 is 0.370 bits per heavy atom. The van der Waals surface area contributed by atoms with E-state index >= 15 is 0 Å². The lowest BCUT2D eigenvalue weighted by Gasteiger charge is -2.38. The van der Waals surface area contributed by atoms with Crippen molar-refractivity contribution in [2.45, 2.75) is 156 Å². The molecule has 0 saturated carbocycles. The van der Waals surface area contributed by atoms with Crippen molar-refractivity contribution in [1.82, 2.24) is 0 Å². The predicted molar refractivity (Wildman–Crippen MR) is 230 cm³/mol. The van der Waals surface area contributed by atoms with Gasteiger partial charge in [0.05, 0.1) is 32.3 Å². The molecule has 0 aliphatic carbocycles. The van der Waals surface area contributed by atoms with Gasteiger partial charge in [-0.3, -0.25) is 0 Å². The fourth-order valence-electron chi connectivity index (χ4n) is 6.01. The normalized spacial score (nSPS) is 15.0. The van der Waals surface area contributed by atoms with Crippen LogP contribution in [-0.4, -0.2) is 32.3 Å². The zero-order valence-electron chi connectivity index (χ0n) is 33.3. The van der Waals surface area contributed by atoms with Crippen LogP contribution in [0.4, 0.5) is 0 Å². The summed E-state index contributed by atoms with van der Waals surface area (Å²) in [6.07, 6.45) is 0. The lowest BCUT2D eigenvalue weighted by molar-refractivity contribution is 0.730. The van der Waals surface area contributed by atoms with Crippen molar-refractivity contribution >= 4 is 94.5 Å². The summed E-state index contributed by atoms with van der Waals surface area (Å²) in [5, 5.41) is 7.39. The third-order valence-corrected chi connectivity index (χ3v) is 43.1. The highest BCUT2D eigenvalue weighted by atomic mass is 32.1. The summed E-state index contributed by atoms with van der Waals surface area (Å²) in [4.78, 5) is 0. The summed E-state index contributed by atoms with van der Waals surface area (Å²) in [6.45, 7) is 51.0. The number of thiophene rings is 2. The largest absolute Gasteiger partial charge is 0.153 e. The van der Waals surface area contributed by atoms with Gasteiger partial charge in [0.2, 0.25) is 0 Å². The van der Waals surface area contributed by atoms with Crippen molar-refractivity contribution in [3.05, 3.63) is 36.4 Å². The second-order valence-electron chi connectivity index (χ2n) is 20.5. The molecular formula is C40H66S2Si4. The highest BCUT2D eigenvalue weighted by Gasteiger charge is 2.47. The molecule has 254 valence electrons. The van der Waals surface area contributed by atoms with Crippen molar-refractivity contribution in [1.29, 1.82) is 0 Å². The second kappa shape index (κ2) is 11.4. The molecule has 0 fully saturated rings. The van der Waals surface area contributed by atoms with Gasteiger partial charge in [0, 0.05) is 0 Å². The molecule has 0 bridgehead atoms. The van der Waals surface area contributed by atoms with Gasteiger partial charge in [-0.2, -0.15) is 22.7 Å². The van der Waals surface area contributed by atoms with Crippen LogP contribution >= 0.6 is 22.7 Å². The maximum atomic E-state index is 2.65. The maximum Gasteiger partial charge on any atom is 0.0995 e. The van der Waals surface area contributed by atoms with Crippen LogP contribution < -0.4 is 18.0 Å². The first-order valence-corrected chi connectivity index (χ1v) is 31.2. The lowest BCUT2D eigenvalue weighted by atomic mass is 9.97. The summed E-state index contributed by atoms with van der Waals surface area (Å²) in [6, 6.07) is 14.8. The molecule has 46 heavy (non-hydrogen) atoms. The topological polar surface area (TPSA) is 0 Å². The van der Waals surface area contributed by atoms with Crippen molar-refractivity contribution < 1.29 is 0 Å². The molecule has 0 spiro atoms. The van der Waals surface area contributed by atoms with E-state index in [9.17, 15) is 0 Å². The molecule has 4 aromatic rings. The highest BCUT2D eigenvalue weighted by Crippen LogP contribution is 2.47. The molecule has 0 radical (unpaired) electrons. The van der Waals surface area contributed by atoms with Gasteiger partial charge in [-0.1, -0.05) is 172 Å². The third kappa shape index (κ3) is 5.81. The van der Waals surface area contributed by atoms with Crippen molar-refractivity contribution in [3.63, 3.8) is 0 Å². The minimum Gasteiger partial charge on any atom is -0.153 e. The van der Waals surface area contributed by atoms with Gasteiger partial charge < -0.3 is 0 Å². The van der Waals surface area contributed by atoms with Crippen molar-refractivity contribution in [3.8, 4) is 11.1 Å². The van der Waals surface area contributed by atoms with Crippen LogP contribution in [0.5, 0.6) is 0 Å². The smallest absolute Gasteiger partial charge is 0.0995 e. The Kier molecular flexibility index (Phi) is 9.41. The summed E-state index contributed by atoms with van der Waals surface area (Å²) in [5.41, 5.74) is 2.98. The second-order valence-corrected chi connectivity index (χ2v) is 45.0. The fraction of sp³-hybridized carbons (Fsp3) is 0.600. The average Bonchev–Trinajstić information content (AvgIpc) is 3.47. The molecule has 0 atom stereocenters. The number of rotatable bonds is 5. The van der Waals surface area contributed by atoms with E-state index in [-0.39, 0.29) is 20.2 Å². The van der Waals surface area contributed by atoms with Crippen LogP contribution in [0.2, 0.25) is 72.5 Å². The highest BCUT2D eigenvalue weighted by molar-refractivity contribution is 7.39. The van der Waals surface area contributed by atoms with Crippen LogP contribution in [0.15, 0.2) is 36.4 Å². The molecule has 2 aromatic carbocycles. The Morgan fingerprint density at radius 3 is 0.848 bits per heavy atom. The first-order chi connectivity index (χ1) is 20.4. The van der Waals surface area contributed by atoms with Crippen LogP contribution in [-0.2, 0) is 0 Å². The maximum absolute atomic E-state index is 2.65. The third-order valence-electron chi connectivity index (χ3n) is 13.5. The Labute approximate surface area is 295 Å². The van der Waals surface area contributed by atoms with E-state index in [0.717, 1.165) is 0 Å². The summed E-state index contributed by atoms with van der Waals surface area (Å²) >= 11 is 4.45. The molecule has 6 heteroatoms. The molecule has 0 aliphatic heterocycles. The lowest BCUT2D eigenvalue weighted by Crippen LogP contribution is -2.50. The molecule has 0 unspecified atom stereocenters. The fourth-order valence-corrected chi connectivity index (χ4v) is 23.5. The first-order valence-electron chi connectivity index (χ1n) is 17.6. The molecule has 2 aromatic heterocycles. The molecule has 0 nitrogen and oxygen atoms in total. The van der Waals surface area contributed by atoms with E-state index in [1.165, 1.54) is 11.1 Å². The van der Waals surface area contributed by atoms with E-state index in [1.54, 1.807) is 39.5 Å². The molecule has 0 N–H and O–H groups in total. The van der Waals surface area contributed by atoms with Crippen LogP contribution in [0, 0.1) is 0 Å². The van der Waals surface area contributed by atoms with Gasteiger partial charge in [0.1, 0.15) is 0 Å². The van der Waals surface area contributed by atoms with E-state index < -0.39 is 32.3 Å². The Hall–Kier alpha value is -0.772. The van der Waals surface area contributed by atoms with Gasteiger partial charge in [-0.15, -0.1) is 0 Å². The van der Waals surface area contributed by atoms with Gasteiger partial charge in [-0.25, -0.2) is 0 Å². The summed E-state index contributed by atoms with van der Waals surface area (Å²) in [5.74, 6) is 0. The van der Waals surface area contributed by atoms with Gasteiger partial charge in [0.25, 0.3) is 0 Å². The minimum atomic E-state index is -1.87. The number of hydrogen-bond acceptors (Lipinski definition) is 2. The van der Waals surface area contributed by atoms with Crippen molar-refractivity contribution in [2.75, 3.05) is 0 Å². The molecule has 0 amide bonds.